The molecular weight excluding hydrogens is 438 g/mol. The summed E-state index contributed by atoms with van der Waals surface area (Å²) in [6.45, 7) is 1.60. The van der Waals surface area contributed by atoms with Crippen molar-refractivity contribution in [1.82, 2.24) is 9.78 Å². The van der Waals surface area contributed by atoms with Crippen LogP contribution in [0.1, 0.15) is 19.0 Å². The van der Waals surface area contributed by atoms with E-state index < -0.39 is 45.1 Å². The molecule has 9 nitrogen and oxygen atoms in total. The van der Waals surface area contributed by atoms with Gasteiger partial charge in [-0.15, -0.1) is 5.10 Å². The SMILES string of the molecule is CCC(=O)O.Cn1nc(Oc2ccc([N+](=O)[O-])c([O-])c2)c(Cl)c1C(F)(F)F.[K+]. The number of nitro groups is 1. The minimum atomic E-state index is -4.74. The fourth-order valence-electron chi connectivity index (χ4n) is 1.67. The summed E-state index contributed by atoms with van der Waals surface area (Å²) in [5.41, 5.74) is -1.90. The molecule has 1 N–H and O–H groups in total. The van der Waals surface area contributed by atoms with Crippen molar-refractivity contribution in [2.75, 3.05) is 0 Å². The van der Waals surface area contributed by atoms with Crippen LogP contribution in [0.25, 0.3) is 0 Å². The molecule has 1 aromatic carbocycles. The minimum Gasteiger partial charge on any atom is -0.868 e. The number of carboxylic acid groups (broad SMARTS) is 1. The van der Waals surface area contributed by atoms with Crippen LogP contribution < -0.4 is 61.2 Å². The van der Waals surface area contributed by atoms with Crippen LogP contribution >= 0.6 is 11.6 Å². The molecule has 0 unspecified atom stereocenters. The Hall–Kier alpha value is -1.38. The summed E-state index contributed by atoms with van der Waals surface area (Å²) in [6.07, 6.45) is -4.51. The molecule has 0 amide bonds. The summed E-state index contributed by atoms with van der Waals surface area (Å²) < 4.78 is 43.7. The number of carbonyl (C=O) groups is 1. The van der Waals surface area contributed by atoms with Crippen LogP contribution in [0.5, 0.6) is 17.4 Å². The summed E-state index contributed by atoms with van der Waals surface area (Å²) in [6, 6.07) is 2.69. The van der Waals surface area contributed by atoms with Gasteiger partial charge in [-0.05, 0) is 17.9 Å². The van der Waals surface area contributed by atoms with E-state index in [1.54, 1.807) is 6.92 Å². The average Bonchev–Trinajstić information content (AvgIpc) is 2.81. The Balaban J connectivity index is 0.00000108. The van der Waals surface area contributed by atoms with Gasteiger partial charge in [-0.2, -0.15) is 13.2 Å². The molecule has 0 aliphatic rings. The van der Waals surface area contributed by atoms with Crippen LogP contribution in [-0.4, -0.2) is 25.8 Å². The molecule has 2 aromatic rings. The van der Waals surface area contributed by atoms with Gasteiger partial charge in [0.2, 0.25) is 0 Å². The first-order valence-corrected chi connectivity index (χ1v) is 7.41. The van der Waals surface area contributed by atoms with Gasteiger partial charge in [0, 0.05) is 19.5 Å². The van der Waals surface area contributed by atoms with Crippen LogP contribution in [-0.2, 0) is 18.0 Å². The molecule has 28 heavy (non-hydrogen) atoms. The normalized spacial score (nSPS) is 10.4. The number of halogens is 4. The number of ether oxygens (including phenoxy) is 1. The number of aromatic nitrogens is 2. The number of nitrogens with zero attached hydrogens (tertiary/aromatic N) is 3. The predicted octanol–water partition coefficient (Wildman–Crippen LogP) is 0.351. The Morgan fingerprint density at radius 1 is 1.43 bits per heavy atom. The topological polar surface area (TPSA) is 131 Å². The van der Waals surface area contributed by atoms with Crippen LogP contribution in [0.2, 0.25) is 5.02 Å². The van der Waals surface area contributed by atoms with E-state index in [2.05, 4.69) is 5.10 Å². The molecule has 14 heteroatoms. The number of hydrogen-bond donors (Lipinski definition) is 1. The van der Waals surface area contributed by atoms with E-state index in [0.29, 0.717) is 4.68 Å². The first kappa shape index (κ1) is 26.6. The number of alkyl halides is 3. The van der Waals surface area contributed by atoms with Gasteiger partial charge in [-0.1, -0.05) is 18.5 Å². The first-order valence-electron chi connectivity index (χ1n) is 7.03. The quantitative estimate of drug-likeness (QED) is 0.405. The van der Waals surface area contributed by atoms with Crippen LogP contribution in [0.3, 0.4) is 0 Å². The zero-order chi connectivity index (χ0) is 20.9. The molecule has 0 bridgehead atoms. The van der Waals surface area contributed by atoms with E-state index in [0.717, 1.165) is 25.2 Å². The molecule has 0 saturated carbocycles. The van der Waals surface area contributed by atoms with Gasteiger partial charge in [-0.3, -0.25) is 19.6 Å². The Morgan fingerprint density at radius 3 is 2.32 bits per heavy atom. The van der Waals surface area contributed by atoms with Gasteiger partial charge in [0.15, 0.2) is 5.69 Å². The number of benzene rings is 1. The van der Waals surface area contributed by atoms with E-state index in [9.17, 15) is 33.2 Å². The van der Waals surface area contributed by atoms with Crippen molar-refractivity contribution < 1.29 is 89.2 Å². The Kier molecular flexibility index (Phi) is 10.4. The summed E-state index contributed by atoms with van der Waals surface area (Å²) >= 11 is 5.57. The van der Waals surface area contributed by atoms with Gasteiger partial charge in [0.25, 0.3) is 11.6 Å². The molecule has 1 aromatic heterocycles. The second-order valence-electron chi connectivity index (χ2n) is 4.83. The number of nitro benzene ring substituents is 1. The van der Waals surface area contributed by atoms with Gasteiger partial charge in [-0.25, -0.2) is 0 Å². The Labute approximate surface area is 203 Å². The maximum atomic E-state index is 12.7. The second kappa shape index (κ2) is 11.0. The van der Waals surface area contributed by atoms with Gasteiger partial charge < -0.3 is 14.9 Å². The summed E-state index contributed by atoms with van der Waals surface area (Å²) in [7, 11) is 1.02. The van der Waals surface area contributed by atoms with E-state index >= 15 is 0 Å². The van der Waals surface area contributed by atoms with Gasteiger partial charge in [0.05, 0.1) is 4.92 Å². The third-order valence-electron chi connectivity index (χ3n) is 2.87. The number of carboxylic acids is 1. The third-order valence-corrected chi connectivity index (χ3v) is 3.21. The van der Waals surface area contributed by atoms with Crippen LogP contribution in [0.15, 0.2) is 18.2 Å². The largest absolute Gasteiger partial charge is 1.00 e. The molecule has 0 atom stereocenters. The van der Waals surface area contributed by atoms with Crippen LogP contribution in [0.4, 0.5) is 18.9 Å². The van der Waals surface area contributed by atoms with Crippen molar-refractivity contribution in [3.05, 3.63) is 39.0 Å². The molecule has 148 valence electrons. The molecule has 0 spiro atoms. The summed E-state index contributed by atoms with van der Waals surface area (Å²) in [5.74, 6) is -2.48. The molecule has 0 radical (unpaired) electrons. The smallest absolute Gasteiger partial charge is 0.868 e. The molecule has 0 saturated heterocycles. The number of rotatable bonds is 4. The fraction of sp³-hybridized carbons (Fsp3) is 0.286. The van der Waals surface area contributed by atoms with E-state index in [1.807, 2.05) is 0 Å². The standard InChI is InChI=1S/C11H7ClF3N3O4.C3H6O2.K/c1-17-9(11(13,14)15)8(12)10(16-17)22-5-2-3-6(18(20)21)7(19)4-5;1-2-3(4)5;/h2-4,19H,1H3;2H2,1H3,(H,4,5);/q;;+1/p-1. The maximum Gasteiger partial charge on any atom is 1.00 e. The fourth-order valence-corrected chi connectivity index (χ4v) is 1.97. The van der Waals surface area contributed by atoms with Crippen molar-refractivity contribution in [2.45, 2.75) is 19.5 Å². The molecule has 1 heterocycles. The third kappa shape index (κ3) is 7.22. The van der Waals surface area contributed by atoms with Crippen molar-refractivity contribution in [2.24, 2.45) is 7.05 Å². The van der Waals surface area contributed by atoms with Crippen molar-refractivity contribution in [3.8, 4) is 17.4 Å². The van der Waals surface area contributed by atoms with E-state index in [1.165, 1.54) is 0 Å². The zero-order valence-corrected chi connectivity index (χ0v) is 18.7. The van der Waals surface area contributed by atoms with E-state index in [-0.39, 0.29) is 63.6 Å². The number of aryl methyl sites for hydroxylation is 1. The molecule has 2 rings (SSSR count). The Morgan fingerprint density at radius 2 is 1.96 bits per heavy atom. The van der Waals surface area contributed by atoms with Gasteiger partial charge >= 0.3 is 63.5 Å². The molecule has 0 aliphatic heterocycles. The maximum absolute atomic E-state index is 12.7. The average molecular weight is 450 g/mol. The van der Waals surface area contributed by atoms with Crippen molar-refractivity contribution in [3.63, 3.8) is 0 Å². The van der Waals surface area contributed by atoms with E-state index in [4.69, 9.17) is 21.4 Å². The minimum absolute atomic E-state index is 0. The summed E-state index contributed by atoms with van der Waals surface area (Å²) in [5, 5.41) is 32.3. The Bertz CT molecular complexity index is 860. The second-order valence-corrected chi connectivity index (χ2v) is 5.20. The zero-order valence-electron chi connectivity index (χ0n) is 14.8. The first-order chi connectivity index (χ1) is 12.4. The monoisotopic (exact) mass is 449 g/mol. The van der Waals surface area contributed by atoms with Crippen molar-refractivity contribution in [1.29, 1.82) is 0 Å². The molecule has 0 aliphatic carbocycles. The summed E-state index contributed by atoms with van der Waals surface area (Å²) in [4.78, 5) is 19.0. The molecule has 0 fully saturated rings. The van der Waals surface area contributed by atoms with Crippen LogP contribution in [0, 0.1) is 10.1 Å². The van der Waals surface area contributed by atoms with Crippen molar-refractivity contribution >= 4 is 23.3 Å². The number of aliphatic carboxylic acids is 1. The van der Waals surface area contributed by atoms with Gasteiger partial charge in [0.1, 0.15) is 10.8 Å². The molecular formula is C14H12ClF3KN3O6. The predicted molar refractivity (Wildman–Crippen MR) is 83.8 cm³/mol. The number of hydrogen-bond acceptors (Lipinski definition) is 6.